The van der Waals surface area contributed by atoms with Crippen LogP contribution in [0, 0.1) is 6.92 Å². The van der Waals surface area contributed by atoms with Crippen LogP contribution in [0.3, 0.4) is 0 Å². The second-order valence-electron chi connectivity index (χ2n) is 4.02. The van der Waals surface area contributed by atoms with Crippen molar-refractivity contribution in [1.29, 1.82) is 0 Å². The summed E-state index contributed by atoms with van der Waals surface area (Å²) in [5.41, 5.74) is 2.73. The number of rotatable bonds is 5. The molecule has 0 amide bonds. The van der Waals surface area contributed by atoms with Gasteiger partial charge in [0, 0.05) is 7.05 Å². The molecule has 0 aliphatic rings. The van der Waals surface area contributed by atoms with E-state index >= 15 is 0 Å². The summed E-state index contributed by atoms with van der Waals surface area (Å²) in [6, 6.07) is 0. The van der Waals surface area contributed by atoms with Gasteiger partial charge in [-0.1, -0.05) is 32.8 Å². The summed E-state index contributed by atoms with van der Waals surface area (Å²) >= 11 is 0. The monoisotopic (exact) mass is 206 g/mol. The van der Waals surface area contributed by atoms with Crippen LogP contribution < -0.4 is 0 Å². The van der Waals surface area contributed by atoms with E-state index in [1.54, 1.807) is 0 Å². The third kappa shape index (κ3) is 2.95. The first-order chi connectivity index (χ1) is 7.20. The van der Waals surface area contributed by atoms with Crippen LogP contribution in [-0.2, 0) is 7.05 Å². The van der Waals surface area contributed by atoms with Crippen LogP contribution in [0.4, 0.5) is 0 Å². The lowest BCUT2D eigenvalue weighted by atomic mass is 10.1. The summed E-state index contributed by atoms with van der Waals surface area (Å²) < 4.78 is 2.18. The molecule has 84 valence electrons. The van der Waals surface area contributed by atoms with Gasteiger partial charge in [-0.25, -0.2) is 4.98 Å². The van der Waals surface area contributed by atoms with Gasteiger partial charge >= 0.3 is 0 Å². The first-order valence-electron chi connectivity index (χ1n) is 5.88. The smallest absolute Gasteiger partial charge is 0.105 e. The summed E-state index contributed by atoms with van der Waals surface area (Å²) in [5, 5.41) is 0. The molecule has 1 aromatic rings. The van der Waals surface area contributed by atoms with Gasteiger partial charge in [-0.15, -0.1) is 0 Å². The van der Waals surface area contributed by atoms with E-state index in [-0.39, 0.29) is 0 Å². The van der Waals surface area contributed by atoms with Gasteiger partial charge in [0.05, 0.1) is 11.9 Å². The number of allylic oxidation sites excluding steroid dienone is 2. The summed E-state index contributed by atoms with van der Waals surface area (Å²) in [7, 11) is 2.09. The molecule has 0 radical (unpaired) electrons. The topological polar surface area (TPSA) is 17.8 Å². The van der Waals surface area contributed by atoms with Crippen LogP contribution in [0.15, 0.2) is 12.3 Å². The third-order valence-electron chi connectivity index (χ3n) is 2.75. The molecule has 0 aliphatic carbocycles. The first-order valence-corrected chi connectivity index (χ1v) is 5.88. The lowest BCUT2D eigenvalue weighted by molar-refractivity contribution is 0.831. The van der Waals surface area contributed by atoms with Crippen LogP contribution in [-0.4, -0.2) is 9.55 Å². The van der Waals surface area contributed by atoms with Gasteiger partial charge in [0.15, 0.2) is 0 Å². The average Bonchev–Trinajstić information content (AvgIpc) is 2.55. The van der Waals surface area contributed by atoms with Gasteiger partial charge in [0.25, 0.3) is 0 Å². The molecule has 0 N–H and O–H groups in total. The molecule has 0 aliphatic heterocycles. The Kier molecular flexibility index (Phi) is 4.60. The molecule has 1 aromatic heterocycles. The zero-order valence-corrected chi connectivity index (χ0v) is 10.4. The molecule has 0 fully saturated rings. The van der Waals surface area contributed by atoms with Crippen LogP contribution >= 0.6 is 0 Å². The molecule has 15 heavy (non-hydrogen) atoms. The molecule has 2 heteroatoms. The van der Waals surface area contributed by atoms with Gasteiger partial charge in [-0.2, -0.15) is 0 Å². The fraction of sp³-hybridized carbons (Fsp3) is 0.615. The summed E-state index contributed by atoms with van der Waals surface area (Å²) in [4.78, 5) is 4.35. The molecular weight excluding hydrogens is 184 g/mol. The van der Waals surface area contributed by atoms with Gasteiger partial charge in [-0.05, 0) is 25.3 Å². The van der Waals surface area contributed by atoms with E-state index in [0.717, 1.165) is 12.2 Å². The maximum absolute atomic E-state index is 4.35. The maximum atomic E-state index is 4.35. The van der Waals surface area contributed by atoms with Crippen LogP contribution in [0.2, 0.25) is 0 Å². The number of hydrogen-bond acceptors (Lipinski definition) is 1. The Labute approximate surface area is 93.0 Å². The van der Waals surface area contributed by atoms with E-state index in [4.69, 9.17) is 0 Å². The lowest BCUT2D eigenvalue weighted by Crippen LogP contribution is -1.98. The normalized spacial score (nSPS) is 12.1. The Morgan fingerprint density at radius 1 is 1.40 bits per heavy atom. The van der Waals surface area contributed by atoms with Crippen molar-refractivity contribution in [3.05, 3.63) is 23.8 Å². The molecule has 1 rings (SSSR count). The minimum Gasteiger partial charge on any atom is -0.332 e. The molecule has 1 heterocycles. The van der Waals surface area contributed by atoms with Crippen LogP contribution in [0.5, 0.6) is 0 Å². The average molecular weight is 206 g/mol. The molecule has 0 spiro atoms. The third-order valence-corrected chi connectivity index (χ3v) is 2.75. The molecule has 0 saturated heterocycles. The Bertz CT molecular complexity index is 334. The number of aryl methyl sites for hydroxylation is 1. The standard InChI is InChI=1S/C13H22N2/c1-5-7-9-12(8-6-2)13-10-14-11(3)15(13)4/h9-10H,5-8H2,1-4H3/b12-9+. The SMILES string of the molecule is CCC/C=C(\CCC)c1cnc(C)n1C. The number of imidazole rings is 1. The molecule has 0 saturated carbocycles. The summed E-state index contributed by atoms with van der Waals surface area (Å²) in [6.07, 6.45) is 9.08. The summed E-state index contributed by atoms with van der Waals surface area (Å²) in [5.74, 6) is 1.09. The highest BCUT2D eigenvalue weighted by atomic mass is 15.0. The Hall–Kier alpha value is -1.05. The molecule has 0 atom stereocenters. The highest BCUT2D eigenvalue weighted by Crippen LogP contribution is 2.21. The van der Waals surface area contributed by atoms with E-state index < -0.39 is 0 Å². The van der Waals surface area contributed by atoms with Crippen molar-refractivity contribution in [2.75, 3.05) is 0 Å². The van der Waals surface area contributed by atoms with Crippen LogP contribution in [0.25, 0.3) is 5.57 Å². The number of nitrogens with zero attached hydrogens (tertiary/aromatic N) is 2. The van der Waals surface area contributed by atoms with Crippen molar-refractivity contribution in [3.8, 4) is 0 Å². The van der Waals surface area contributed by atoms with Crippen molar-refractivity contribution < 1.29 is 0 Å². The zero-order valence-electron chi connectivity index (χ0n) is 10.4. The molecule has 0 unspecified atom stereocenters. The largest absolute Gasteiger partial charge is 0.332 e. The minimum absolute atomic E-state index is 1.09. The minimum atomic E-state index is 1.09. The number of aromatic nitrogens is 2. The van der Waals surface area contributed by atoms with E-state index in [9.17, 15) is 0 Å². The molecule has 0 aromatic carbocycles. The molecular formula is C13H22N2. The van der Waals surface area contributed by atoms with Gasteiger partial charge in [0.2, 0.25) is 0 Å². The van der Waals surface area contributed by atoms with Crippen molar-refractivity contribution in [2.45, 2.75) is 46.5 Å². The van der Waals surface area contributed by atoms with Crippen LogP contribution in [0.1, 0.15) is 51.0 Å². The van der Waals surface area contributed by atoms with Crippen molar-refractivity contribution in [2.24, 2.45) is 7.05 Å². The Morgan fingerprint density at radius 3 is 2.60 bits per heavy atom. The van der Waals surface area contributed by atoms with E-state index in [1.807, 2.05) is 13.1 Å². The Morgan fingerprint density at radius 2 is 2.13 bits per heavy atom. The number of hydrogen-bond donors (Lipinski definition) is 0. The quantitative estimate of drug-likeness (QED) is 0.718. The molecule has 0 bridgehead atoms. The van der Waals surface area contributed by atoms with E-state index in [2.05, 4.69) is 36.5 Å². The second kappa shape index (κ2) is 5.74. The predicted molar refractivity (Wildman–Crippen MR) is 65.7 cm³/mol. The first kappa shape index (κ1) is 12.0. The second-order valence-corrected chi connectivity index (χ2v) is 4.02. The van der Waals surface area contributed by atoms with Crippen molar-refractivity contribution in [1.82, 2.24) is 9.55 Å². The van der Waals surface area contributed by atoms with Gasteiger partial charge in [-0.3, -0.25) is 0 Å². The fourth-order valence-electron chi connectivity index (χ4n) is 1.72. The predicted octanol–water partition coefficient (Wildman–Crippen LogP) is 3.71. The van der Waals surface area contributed by atoms with Gasteiger partial charge < -0.3 is 4.57 Å². The lowest BCUT2D eigenvalue weighted by Gasteiger charge is -2.08. The maximum Gasteiger partial charge on any atom is 0.105 e. The Balaban J connectivity index is 2.93. The number of unbranched alkanes of at least 4 members (excludes halogenated alkanes) is 1. The highest BCUT2D eigenvalue weighted by Gasteiger charge is 2.06. The highest BCUT2D eigenvalue weighted by molar-refractivity contribution is 5.62. The summed E-state index contributed by atoms with van der Waals surface area (Å²) in [6.45, 7) is 6.49. The van der Waals surface area contributed by atoms with Crippen molar-refractivity contribution in [3.63, 3.8) is 0 Å². The van der Waals surface area contributed by atoms with Crippen molar-refractivity contribution >= 4 is 5.57 Å². The van der Waals surface area contributed by atoms with E-state index in [1.165, 1.54) is 30.5 Å². The van der Waals surface area contributed by atoms with Gasteiger partial charge in [0.1, 0.15) is 5.82 Å². The van der Waals surface area contributed by atoms with E-state index in [0.29, 0.717) is 0 Å². The fourth-order valence-corrected chi connectivity index (χ4v) is 1.72. The molecule has 2 nitrogen and oxygen atoms in total. The zero-order chi connectivity index (χ0) is 11.3.